The Labute approximate surface area is 169 Å². The van der Waals surface area contributed by atoms with E-state index in [1.807, 2.05) is 65.4 Å². The normalized spacial score (nSPS) is 12.2. The molecule has 0 saturated carbocycles. The number of amides is 1. The van der Waals surface area contributed by atoms with E-state index in [0.29, 0.717) is 5.82 Å². The highest BCUT2D eigenvalue weighted by Gasteiger charge is 2.18. The molecule has 2 aromatic heterocycles. The van der Waals surface area contributed by atoms with E-state index in [2.05, 4.69) is 31.2 Å². The van der Waals surface area contributed by atoms with E-state index < -0.39 is 0 Å². The van der Waals surface area contributed by atoms with E-state index in [-0.39, 0.29) is 18.5 Å². The monoisotopic (exact) mass is 440 g/mol. The second-order valence-electron chi connectivity index (χ2n) is 6.19. The predicted molar refractivity (Wildman–Crippen MR) is 112 cm³/mol. The first-order chi connectivity index (χ1) is 13.1. The molecular formula is C20H17BrN4OS. The molecule has 136 valence electrons. The molecule has 0 saturated heterocycles. The summed E-state index contributed by atoms with van der Waals surface area (Å²) in [7, 11) is 0. The van der Waals surface area contributed by atoms with Crippen LogP contribution in [-0.2, 0) is 11.3 Å². The second kappa shape index (κ2) is 7.62. The lowest BCUT2D eigenvalue weighted by Crippen LogP contribution is -2.30. The number of carbonyl (C=O) groups is 1. The van der Waals surface area contributed by atoms with Crippen molar-refractivity contribution < 1.29 is 4.79 Å². The minimum absolute atomic E-state index is 0.0714. The Balaban J connectivity index is 1.62. The Hall–Kier alpha value is -2.51. The van der Waals surface area contributed by atoms with E-state index in [4.69, 9.17) is 0 Å². The van der Waals surface area contributed by atoms with Gasteiger partial charge >= 0.3 is 0 Å². The standard InChI is InChI=1S/C20H17BrN4OS/c1-13(14-6-2-3-7-15(14)21)23-19(26)10-25-18-9-5-4-8-16(18)24-20(25)17-11-27-12-22-17/h2-9,11-13H,10H2,1H3,(H,23,26)/t13-/m0/s1. The van der Waals surface area contributed by atoms with Crippen molar-refractivity contribution in [3.63, 3.8) is 0 Å². The fourth-order valence-corrected chi connectivity index (χ4v) is 4.25. The van der Waals surface area contributed by atoms with E-state index in [0.717, 1.165) is 26.8 Å². The molecule has 5 nitrogen and oxygen atoms in total. The molecule has 7 heteroatoms. The molecular weight excluding hydrogens is 424 g/mol. The Morgan fingerprint density at radius 3 is 2.78 bits per heavy atom. The number of para-hydroxylation sites is 2. The van der Waals surface area contributed by atoms with Gasteiger partial charge in [0.15, 0.2) is 5.82 Å². The summed E-state index contributed by atoms with van der Waals surface area (Å²) in [4.78, 5) is 21.8. The molecule has 27 heavy (non-hydrogen) atoms. The summed E-state index contributed by atoms with van der Waals surface area (Å²) in [5.74, 6) is 0.638. The van der Waals surface area contributed by atoms with Crippen LogP contribution in [-0.4, -0.2) is 20.4 Å². The van der Waals surface area contributed by atoms with Crippen LogP contribution in [0.3, 0.4) is 0 Å². The number of halogens is 1. The van der Waals surface area contributed by atoms with Crippen LogP contribution in [0.4, 0.5) is 0 Å². The van der Waals surface area contributed by atoms with Gasteiger partial charge in [-0.15, -0.1) is 11.3 Å². The molecule has 0 aliphatic heterocycles. The highest BCUT2D eigenvalue weighted by molar-refractivity contribution is 9.10. The highest BCUT2D eigenvalue weighted by Crippen LogP contribution is 2.25. The van der Waals surface area contributed by atoms with Gasteiger partial charge in [-0.2, -0.15) is 0 Å². The Bertz CT molecular complexity index is 1090. The van der Waals surface area contributed by atoms with E-state index >= 15 is 0 Å². The van der Waals surface area contributed by atoms with Gasteiger partial charge in [-0.05, 0) is 30.7 Å². The van der Waals surface area contributed by atoms with Crippen LogP contribution in [0.15, 0.2) is 63.9 Å². The third-order valence-electron chi connectivity index (χ3n) is 4.37. The predicted octanol–water partition coefficient (Wildman–Crippen LogP) is 4.80. The molecule has 0 radical (unpaired) electrons. The zero-order valence-electron chi connectivity index (χ0n) is 14.6. The lowest BCUT2D eigenvalue weighted by atomic mass is 10.1. The first kappa shape index (κ1) is 17.9. The number of thiazole rings is 1. The van der Waals surface area contributed by atoms with Crippen molar-refractivity contribution >= 4 is 44.2 Å². The number of hydrogen-bond donors (Lipinski definition) is 1. The van der Waals surface area contributed by atoms with Crippen molar-refractivity contribution in [2.45, 2.75) is 19.5 Å². The van der Waals surface area contributed by atoms with Gasteiger partial charge in [0.1, 0.15) is 12.2 Å². The Kier molecular flexibility index (Phi) is 5.05. The maximum absolute atomic E-state index is 12.8. The quantitative estimate of drug-likeness (QED) is 0.484. The number of nitrogens with zero attached hydrogens (tertiary/aromatic N) is 3. The molecule has 4 aromatic rings. The van der Waals surface area contributed by atoms with Gasteiger partial charge in [-0.1, -0.05) is 46.3 Å². The van der Waals surface area contributed by atoms with Crippen molar-refractivity contribution in [1.29, 1.82) is 0 Å². The smallest absolute Gasteiger partial charge is 0.240 e. The Morgan fingerprint density at radius 2 is 2.00 bits per heavy atom. The molecule has 0 aliphatic carbocycles. The highest BCUT2D eigenvalue weighted by atomic mass is 79.9. The number of hydrogen-bond acceptors (Lipinski definition) is 4. The average molecular weight is 441 g/mol. The summed E-state index contributed by atoms with van der Waals surface area (Å²) in [5, 5.41) is 5.02. The number of carbonyl (C=O) groups excluding carboxylic acids is 1. The average Bonchev–Trinajstić information content (AvgIpc) is 3.30. The summed E-state index contributed by atoms with van der Waals surface area (Å²) >= 11 is 5.06. The minimum atomic E-state index is -0.106. The van der Waals surface area contributed by atoms with Crippen molar-refractivity contribution in [1.82, 2.24) is 19.9 Å². The molecule has 0 spiro atoms. The largest absolute Gasteiger partial charge is 0.348 e. The maximum Gasteiger partial charge on any atom is 0.240 e. The van der Waals surface area contributed by atoms with Crippen molar-refractivity contribution in [3.05, 3.63) is 69.5 Å². The summed E-state index contributed by atoms with van der Waals surface area (Å²) in [5.41, 5.74) is 5.37. The fourth-order valence-electron chi connectivity index (χ4n) is 3.09. The third kappa shape index (κ3) is 3.65. The molecule has 0 fully saturated rings. The van der Waals surface area contributed by atoms with E-state index in [1.165, 1.54) is 11.3 Å². The maximum atomic E-state index is 12.8. The molecule has 1 atom stereocenters. The molecule has 2 heterocycles. The molecule has 4 rings (SSSR count). The zero-order chi connectivity index (χ0) is 18.8. The van der Waals surface area contributed by atoms with E-state index in [9.17, 15) is 4.79 Å². The molecule has 0 unspecified atom stereocenters. The summed E-state index contributed by atoms with van der Waals surface area (Å²) in [6, 6.07) is 15.6. The Morgan fingerprint density at radius 1 is 1.22 bits per heavy atom. The van der Waals surface area contributed by atoms with Crippen LogP contribution in [0.2, 0.25) is 0 Å². The van der Waals surface area contributed by atoms with Crippen LogP contribution in [0.5, 0.6) is 0 Å². The fraction of sp³-hybridized carbons (Fsp3) is 0.150. The number of nitrogens with one attached hydrogen (secondary N) is 1. The number of fused-ring (bicyclic) bond motifs is 1. The van der Waals surface area contributed by atoms with E-state index in [1.54, 1.807) is 5.51 Å². The van der Waals surface area contributed by atoms with Crippen LogP contribution < -0.4 is 5.32 Å². The van der Waals surface area contributed by atoms with Crippen LogP contribution >= 0.6 is 27.3 Å². The SMILES string of the molecule is C[C@H](NC(=O)Cn1c(-c2cscn2)nc2ccccc21)c1ccccc1Br. The number of imidazole rings is 1. The van der Waals surface area contributed by atoms with Gasteiger partial charge in [-0.3, -0.25) is 4.79 Å². The van der Waals surface area contributed by atoms with Crippen LogP contribution in [0, 0.1) is 0 Å². The van der Waals surface area contributed by atoms with Gasteiger partial charge in [0.2, 0.25) is 5.91 Å². The third-order valence-corrected chi connectivity index (χ3v) is 5.68. The lowest BCUT2D eigenvalue weighted by molar-refractivity contribution is -0.122. The molecule has 2 aromatic carbocycles. The first-order valence-corrected chi connectivity index (χ1v) is 10.2. The summed E-state index contributed by atoms with van der Waals surface area (Å²) in [6.45, 7) is 2.16. The van der Waals surface area contributed by atoms with Gasteiger partial charge in [-0.25, -0.2) is 9.97 Å². The van der Waals surface area contributed by atoms with Gasteiger partial charge in [0, 0.05) is 9.85 Å². The van der Waals surface area contributed by atoms with Crippen molar-refractivity contribution in [3.8, 4) is 11.5 Å². The second-order valence-corrected chi connectivity index (χ2v) is 7.77. The number of benzene rings is 2. The summed E-state index contributed by atoms with van der Waals surface area (Å²) < 4.78 is 2.90. The minimum Gasteiger partial charge on any atom is -0.348 e. The number of aromatic nitrogens is 3. The zero-order valence-corrected chi connectivity index (χ0v) is 17.0. The van der Waals surface area contributed by atoms with Gasteiger partial charge in [0.25, 0.3) is 0 Å². The lowest BCUT2D eigenvalue weighted by Gasteiger charge is -2.17. The molecule has 1 N–H and O–H groups in total. The van der Waals surface area contributed by atoms with Gasteiger partial charge < -0.3 is 9.88 Å². The topological polar surface area (TPSA) is 59.8 Å². The number of rotatable bonds is 5. The van der Waals surface area contributed by atoms with Crippen molar-refractivity contribution in [2.24, 2.45) is 0 Å². The summed E-state index contributed by atoms with van der Waals surface area (Å²) in [6.07, 6.45) is 0. The molecule has 0 aliphatic rings. The molecule has 0 bridgehead atoms. The first-order valence-electron chi connectivity index (χ1n) is 8.51. The van der Waals surface area contributed by atoms with Gasteiger partial charge in [0.05, 0.1) is 22.6 Å². The van der Waals surface area contributed by atoms with Crippen molar-refractivity contribution in [2.75, 3.05) is 0 Å². The molecule has 1 amide bonds. The van der Waals surface area contributed by atoms with Crippen LogP contribution in [0.25, 0.3) is 22.6 Å². The van der Waals surface area contributed by atoms with Crippen LogP contribution in [0.1, 0.15) is 18.5 Å².